The molecule has 1 heteroatoms. The number of benzene rings is 1. The van der Waals surface area contributed by atoms with E-state index in [1.807, 2.05) is 0 Å². The smallest absolute Gasteiger partial charge is 0.0341 e. The van der Waals surface area contributed by atoms with E-state index >= 15 is 0 Å². The van der Waals surface area contributed by atoms with Crippen molar-refractivity contribution in [1.29, 1.82) is 0 Å². The fourth-order valence-electron chi connectivity index (χ4n) is 2.39. The number of hydrogen-bond acceptors (Lipinski definition) is 0. The minimum Gasteiger partial charge on any atom is -0.123 e. The van der Waals surface area contributed by atoms with Crippen LogP contribution in [0.1, 0.15) is 37.5 Å². The van der Waals surface area contributed by atoms with Crippen LogP contribution in [0.2, 0.25) is 0 Å². The molecule has 1 aromatic rings. The number of rotatable bonds is 4. The summed E-state index contributed by atoms with van der Waals surface area (Å²) < 4.78 is 0. The van der Waals surface area contributed by atoms with Crippen LogP contribution in [0.5, 0.6) is 0 Å². The highest BCUT2D eigenvalue weighted by Crippen LogP contribution is 2.25. The van der Waals surface area contributed by atoms with Crippen LogP contribution in [0, 0.1) is 25.7 Å². The summed E-state index contributed by atoms with van der Waals surface area (Å²) in [6.07, 6.45) is 1.09. The summed E-state index contributed by atoms with van der Waals surface area (Å²) in [4.78, 5) is 0. The van der Waals surface area contributed by atoms with Gasteiger partial charge in [0.15, 0.2) is 0 Å². The Morgan fingerprint density at radius 2 is 1.50 bits per heavy atom. The highest BCUT2D eigenvalue weighted by atomic mass is 35.5. The molecule has 16 heavy (non-hydrogen) atoms. The molecule has 0 saturated carbocycles. The van der Waals surface area contributed by atoms with Gasteiger partial charge in [-0.25, -0.2) is 0 Å². The second-order valence-electron chi connectivity index (χ2n) is 5.29. The molecule has 90 valence electrons. The molecule has 0 nitrogen and oxygen atoms in total. The lowest BCUT2D eigenvalue weighted by molar-refractivity contribution is 0.376. The zero-order valence-corrected chi connectivity index (χ0v) is 11.8. The second-order valence-corrected chi connectivity index (χ2v) is 5.97. The van der Waals surface area contributed by atoms with Crippen LogP contribution in [0.4, 0.5) is 0 Å². The van der Waals surface area contributed by atoms with E-state index in [0.29, 0.717) is 11.8 Å². The van der Waals surface area contributed by atoms with Crippen molar-refractivity contribution < 1.29 is 0 Å². The van der Waals surface area contributed by atoms with Gasteiger partial charge in [-0.05, 0) is 44.6 Å². The van der Waals surface area contributed by atoms with Crippen molar-refractivity contribution in [3.63, 3.8) is 0 Å². The lowest BCUT2D eigenvalue weighted by Crippen LogP contribution is -2.20. The van der Waals surface area contributed by atoms with Gasteiger partial charge < -0.3 is 0 Å². The Kier molecular flexibility index (Phi) is 4.86. The second kappa shape index (κ2) is 5.72. The average Bonchev–Trinajstić information content (AvgIpc) is 2.11. The van der Waals surface area contributed by atoms with Crippen molar-refractivity contribution in [3.05, 3.63) is 34.9 Å². The molecule has 2 unspecified atom stereocenters. The zero-order valence-electron chi connectivity index (χ0n) is 11.0. The lowest BCUT2D eigenvalue weighted by atomic mass is 9.86. The third-order valence-electron chi connectivity index (χ3n) is 3.20. The molecule has 0 aliphatic carbocycles. The van der Waals surface area contributed by atoms with Crippen molar-refractivity contribution in [2.75, 3.05) is 0 Å². The molecule has 2 atom stereocenters. The van der Waals surface area contributed by atoms with E-state index in [9.17, 15) is 0 Å². The third kappa shape index (κ3) is 3.83. The molecule has 0 heterocycles. The third-order valence-corrected chi connectivity index (χ3v) is 3.52. The maximum Gasteiger partial charge on any atom is 0.0341 e. The summed E-state index contributed by atoms with van der Waals surface area (Å²) in [6, 6.07) is 6.78. The summed E-state index contributed by atoms with van der Waals surface area (Å²) in [5, 5.41) is 0.237. The van der Waals surface area contributed by atoms with Crippen LogP contribution in [-0.2, 0) is 6.42 Å². The minimum absolute atomic E-state index is 0.237. The fraction of sp³-hybridized carbons (Fsp3) is 0.600. The van der Waals surface area contributed by atoms with Gasteiger partial charge >= 0.3 is 0 Å². The van der Waals surface area contributed by atoms with Gasteiger partial charge in [-0.3, -0.25) is 0 Å². The summed E-state index contributed by atoms with van der Waals surface area (Å²) in [5.74, 6) is 1.19. The monoisotopic (exact) mass is 238 g/mol. The van der Waals surface area contributed by atoms with Crippen LogP contribution in [-0.4, -0.2) is 5.38 Å². The van der Waals surface area contributed by atoms with Crippen molar-refractivity contribution in [2.45, 2.75) is 46.4 Å². The van der Waals surface area contributed by atoms with Crippen molar-refractivity contribution in [1.82, 2.24) is 0 Å². The van der Waals surface area contributed by atoms with Gasteiger partial charge in [0.25, 0.3) is 0 Å². The van der Waals surface area contributed by atoms with Gasteiger partial charge in [0.1, 0.15) is 0 Å². The van der Waals surface area contributed by atoms with E-state index in [4.69, 9.17) is 11.6 Å². The molecule has 0 aliphatic rings. The number of aryl methyl sites for hydroxylation is 2. The Hall–Kier alpha value is -0.490. The Bertz CT molecular complexity index is 311. The van der Waals surface area contributed by atoms with E-state index in [0.717, 1.165) is 6.42 Å². The van der Waals surface area contributed by atoms with E-state index in [-0.39, 0.29) is 5.38 Å². The molecule has 0 radical (unpaired) electrons. The van der Waals surface area contributed by atoms with E-state index in [2.05, 4.69) is 52.8 Å². The Morgan fingerprint density at radius 3 is 1.88 bits per heavy atom. The van der Waals surface area contributed by atoms with Crippen LogP contribution >= 0.6 is 11.6 Å². The van der Waals surface area contributed by atoms with Gasteiger partial charge in [-0.2, -0.15) is 0 Å². The van der Waals surface area contributed by atoms with Gasteiger partial charge in [0, 0.05) is 5.38 Å². The van der Waals surface area contributed by atoms with Crippen LogP contribution in [0.15, 0.2) is 18.2 Å². The molecule has 0 amide bonds. The van der Waals surface area contributed by atoms with Gasteiger partial charge in [0.2, 0.25) is 0 Å². The maximum atomic E-state index is 6.27. The van der Waals surface area contributed by atoms with Crippen LogP contribution in [0.3, 0.4) is 0 Å². The molecule has 0 saturated heterocycles. The topological polar surface area (TPSA) is 0 Å². The van der Waals surface area contributed by atoms with Crippen LogP contribution < -0.4 is 0 Å². The molecular formula is C15H23Cl. The first kappa shape index (κ1) is 13.6. The van der Waals surface area contributed by atoms with Gasteiger partial charge in [0.05, 0.1) is 0 Å². The number of hydrogen-bond donors (Lipinski definition) is 0. The predicted octanol–water partition coefficient (Wildman–Crippen LogP) is 4.75. The first-order valence-corrected chi connectivity index (χ1v) is 6.55. The van der Waals surface area contributed by atoms with Crippen LogP contribution in [0.25, 0.3) is 0 Å². The Balaban J connectivity index is 2.85. The first-order valence-electron chi connectivity index (χ1n) is 6.11. The van der Waals surface area contributed by atoms with Gasteiger partial charge in [-0.1, -0.05) is 43.2 Å². The Labute approximate surface area is 105 Å². The standard InChI is InChI=1S/C15H23Cl/c1-10(2)15(13(5)16)9-14-7-11(3)6-12(4)8-14/h6-8,10,13,15H,9H2,1-5H3. The van der Waals surface area contributed by atoms with E-state index < -0.39 is 0 Å². The fourth-order valence-corrected chi connectivity index (χ4v) is 2.77. The molecule has 0 fully saturated rings. The summed E-state index contributed by atoms with van der Waals surface area (Å²) in [7, 11) is 0. The van der Waals surface area contributed by atoms with Crippen molar-refractivity contribution in [3.8, 4) is 0 Å². The predicted molar refractivity (Wildman–Crippen MR) is 73.3 cm³/mol. The minimum atomic E-state index is 0.237. The Morgan fingerprint density at radius 1 is 1.00 bits per heavy atom. The average molecular weight is 239 g/mol. The van der Waals surface area contributed by atoms with Crippen molar-refractivity contribution >= 4 is 11.6 Å². The number of alkyl halides is 1. The molecular weight excluding hydrogens is 216 g/mol. The molecule has 0 aromatic heterocycles. The first-order chi connectivity index (χ1) is 7.40. The summed E-state index contributed by atoms with van der Waals surface area (Å²) >= 11 is 6.27. The molecule has 1 aromatic carbocycles. The highest BCUT2D eigenvalue weighted by molar-refractivity contribution is 6.20. The summed E-state index contributed by atoms with van der Waals surface area (Å²) in [6.45, 7) is 10.9. The zero-order chi connectivity index (χ0) is 12.3. The lowest BCUT2D eigenvalue weighted by Gasteiger charge is -2.23. The largest absolute Gasteiger partial charge is 0.123 e. The van der Waals surface area contributed by atoms with Gasteiger partial charge in [-0.15, -0.1) is 11.6 Å². The van der Waals surface area contributed by atoms with E-state index in [1.165, 1.54) is 16.7 Å². The quantitative estimate of drug-likeness (QED) is 0.665. The normalized spacial score (nSPS) is 15.2. The molecule has 1 rings (SSSR count). The number of halogens is 1. The SMILES string of the molecule is Cc1cc(C)cc(CC(C(C)C)C(C)Cl)c1. The molecule has 0 spiro atoms. The maximum absolute atomic E-state index is 6.27. The molecule has 0 N–H and O–H groups in total. The molecule has 0 bridgehead atoms. The highest BCUT2D eigenvalue weighted by Gasteiger charge is 2.19. The summed E-state index contributed by atoms with van der Waals surface area (Å²) in [5.41, 5.74) is 4.11. The van der Waals surface area contributed by atoms with Crippen molar-refractivity contribution in [2.24, 2.45) is 11.8 Å². The van der Waals surface area contributed by atoms with E-state index in [1.54, 1.807) is 0 Å². The molecule has 0 aliphatic heterocycles.